The topological polar surface area (TPSA) is 573 Å². The van der Waals surface area contributed by atoms with Crippen LogP contribution in [0.3, 0.4) is 0 Å². The Morgan fingerprint density at radius 3 is 1.13 bits per heavy atom. The van der Waals surface area contributed by atoms with Gasteiger partial charge in [-0.25, -0.2) is 19.2 Å². The number of aliphatic carboxylic acids is 3. The SMILES string of the molecule is CC(=O)[C@H](CSSC[C@H](C)C(=O)C[C@@H](CCCCNC(=O)COCCOCCNC(=O)COCCOCCCC(=O)CC[C@H](NC(=O)CCCCCCCCCCOc1ccc(C(=O)O)cc1)C(=O)O)C(=O)N[C@@H](CCCCNC(=O)COCCOCCCC(=O)COCCOCCNC(=O)CC[C@H](CC(=O)CCCCCCCCCCOc1ccc(C(=O)O)cc1)C(=O)O)C(=O)O)CC(=O)[C@@H](C)CSSC[C@H](C)C(=O)S. The number of aromatic carboxylic acids is 2. The monoisotopic (exact) mass is 2170 g/mol. The number of amides is 6. The average molecular weight is 2170 g/mol. The Bertz CT molecular complexity index is 4140. The summed E-state index contributed by atoms with van der Waals surface area (Å²) >= 11 is 3.87. The van der Waals surface area contributed by atoms with E-state index in [9.17, 15) is 102 Å². The molecule has 0 saturated carbocycles. The van der Waals surface area contributed by atoms with Crippen LogP contribution in [0.15, 0.2) is 48.5 Å². The van der Waals surface area contributed by atoms with Crippen LogP contribution < -0.4 is 41.4 Å². The van der Waals surface area contributed by atoms with E-state index < -0.39 is 89.2 Å². The van der Waals surface area contributed by atoms with Crippen LogP contribution in [-0.2, 0) is 115 Å². The molecular weight excluding hydrogens is 2010 g/mol. The molecule has 0 fully saturated rings. The molecule has 0 saturated heterocycles. The standard InChI is InChI=1S/C103H162N6O33S5/c1-74(71-145-147-73-82(77(4)110)65-91(115)75(2)70-144-146-72-76(3)103(132)143)90(114)64-80(27-19-21-45-104-94(118)68-140-62-58-136-54-48-107-96(120)69-139-61-55-133-49-25-29-83(111)38-43-89(102(130)131)108-93(117)32-18-14-10-6-8-12-16-24-52-142-87-41-35-79(36-42-87)99(124)125)97(121)109-88(101(128)129)31-20-22-46-105-95(119)67-138-60-56-134-50-26-30-85(113)66-137-59-57-135-53-47-106-92(116)44-37-81(100(126)127)63-84(112)28-17-13-9-5-7-11-15-23-51-141-86-39-33-78(34-40-86)98(122)123/h33-36,39-42,74-76,80-82,88-89H,5-32,37-38,43-73H2,1-4H3,(H,104,118)(H,105,119)(H,106,116)(H,107,120)(H,108,117)(H,109,121)(H,122,123)(H,124,125)(H,126,127)(H,128,129)(H,130,131)(H,132,143)/t74-,75-,76-,80+,81+,82-,88-,89-/m0/s1. The molecule has 11 N–H and O–H groups in total. The molecule has 0 bridgehead atoms. The van der Waals surface area contributed by atoms with Crippen molar-refractivity contribution in [1.82, 2.24) is 31.9 Å². The summed E-state index contributed by atoms with van der Waals surface area (Å²) in [4.78, 5) is 223. The molecule has 2 rings (SSSR count). The lowest BCUT2D eigenvalue weighted by molar-refractivity contribution is -0.144. The first-order chi connectivity index (χ1) is 70.6. The quantitative estimate of drug-likeness (QED) is 0.0166. The summed E-state index contributed by atoms with van der Waals surface area (Å²) in [7, 11) is 5.70. The highest BCUT2D eigenvalue weighted by atomic mass is 33.1. The molecular formula is C103H162N6O33S5. The van der Waals surface area contributed by atoms with Crippen molar-refractivity contribution in [3.05, 3.63) is 59.7 Å². The summed E-state index contributed by atoms with van der Waals surface area (Å²) in [5.41, 5.74) is 0.412. The van der Waals surface area contributed by atoms with E-state index in [-0.39, 0.29) is 290 Å². The molecule has 0 aliphatic carbocycles. The van der Waals surface area contributed by atoms with Gasteiger partial charge in [-0.15, -0.1) is 12.6 Å². The minimum absolute atomic E-state index is 0.00389. The van der Waals surface area contributed by atoms with Crippen molar-refractivity contribution in [1.29, 1.82) is 0 Å². The maximum Gasteiger partial charge on any atom is 0.335 e. The summed E-state index contributed by atoms with van der Waals surface area (Å²) in [5.74, 6) is -9.69. The van der Waals surface area contributed by atoms with Gasteiger partial charge >= 0.3 is 29.8 Å². The lowest BCUT2D eigenvalue weighted by Crippen LogP contribution is -2.44. The minimum atomic E-state index is -1.33. The maximum atomic E-state index is 14.0. The summed E-state index contributed by atoms with van der Waals surface area (Å²) in [5, 5.41) is 63.4. The normalized spacial score (nSPS) is 12.9. The van der Waals surface area contributed by atoms with Crippen LogP contribution in [-0.4, -0.2) is 311 Å². The van der Waals surface area contributed by atoms with E-state index in [1.807, 2.05) is 0 Å². The summed E-state index contributed by atoms with van der Waals surface area (Å²) in [6.07, 6.45) is 17.7. The first kappa shape index (κ1) is 134. The molecule has 8 atom stereocenters. The molecule has 0 aromatic heterocycles. The average Bonchev–Trinajstić information content (AvgIpc) is 0.878. The lowest BCUT2D eigenvalue weighted by Gasteiger charge is -2.21. The minimum Gasteiger partial charge on any atom is -0.494 e. The number of carboxylic acid groups (broad SMARTS) is 5. The van der Waals surface area contributed by atoms with Crippen LogP contribution in [0.25, 0.3) is 0 Å². The molecule has 6 amide bonds. The highest BCUT2D eigenvalue weighted by Crippen LogP contribution is 2.32. The van der Waals surface area contributed by atoms with E-state index in [2.05, 4.69) is 44.5 Å². The third-order valence-electron chi connectivity index (χ3n) is 23.3. The van der Waals surface area contributed by atoms with Crippen molar-refractivity contribution >= 4 is 161 Å². The second kappa shape index (κ2) is 88.0. The van der Waals surface area contributed by atoms with Gasteiger partial charge in [-0.2, -0.15) is 0 Å². The molecule has 2 aromatic rings. The highest BCUT2D eigenvalue weighted by molar-refractivity contribution is 8.77. The van der Waals surface area contributed by atoms with Crippen LogP contribution in [0.5, 0.6) is 11.5 Å². The first-order valence-electron chi connectivity index (χ1n) is 51.4. The number of nitrogens with one attached hydrogen (secondary N) is 6. The number of thiol groups is 1. The van der Waals surface area contributed by atoms with Crippen molar-refractivity contribution in [3.8, 4) is 11.5 Å². The van der Waals surface area contributed by atoms with Crippen molar-refractivity contribution in [3.63, 3.8) is 0 Å². The fourth-order valence-electron chi connectivity index (χ4n) is 14.2. The molecule has 0 aliphatic rings. The van der Waals surface area contributed by atoms with E-state index in [0.29, 0.717) is 99.1 Å². The largest absolute Gasteiger partial charge is 0.494 e. The van der Waals surface area contributed by atoms with E-state index >= 15 is 0 Å². The number of ketones is 6. The lowest BCUT2D eigenvalue weighted by atomic mass is 9.91. The number of benzene rings is 2. The van der Waals surface area contributed by atoms with Gasteiger partial charge in [0.15, 0.2) is 10.9 Å². The zero-order valence-electron chi connectivity index (χ0n) is 86.1. The summed E-state index contributed by atoms with van der Waals surface area (Å²) < 4.78 is 55.0. The Morgan fingerprint density at radius 1 is 0.299 bits per heavy atom. The summed E-state index contributed by atoms with van der Waals surface area (Å²) in [6, 6.07) is 10.1. The van der Waals surface area contributed by atoms with E-state index in [1.54, 1.807) is 45.0 Å². The van der Waals surface area contributed by atoms with Crippen molar-refractivity contribution in [2.45, 2.75) is 265 Å². The molecule has 44 heteroatoms. The Morgan fingerprint density at radius 2 is 0.680 bits per heavy atom. The van der Waals surface area contributed by atoms with Gasteiger partial charge in [0, 0.05) is 150 Å². The number of carbonyl (C=O) groups is 18. The number of rotatable bonds is 102. The highest BCUT2D eigenvalue weighted by Gasteiger charge is 2.31. The van der Waals surface area contributed by atoms with Gasteiger partial charge in [-0.1, -0.05) is 147 Å². The number of ether oxygens (including phenoxy) is 10. The molecule has 0 aliphatic heterocycles. The van der Waals surface area contributed by atoms with Gasteiger partial charge in [-0.3, -0.25) is 67.1 Å². The predicted molar refractivity (Wildman–Crippen MR) is 562 cm³/mol. The zero-order valence-corrected chi connectivity index (χ0v) is 90.3. The van der Waals surface area contributed by atoms with Crippen molar-refractivity contribution < 1.29 is 159 Å². The fraction of sp³-hybridized carbons (Fsp3) is 0.709. The van der Waals surface area contributed by atoms with Crippen LogP contribution >= 0.6 is 55.8 Å². The number of carboxylic acids is 5. The molecule has 2 aromatic carbocycles. The van der Waals surface area contributed by atoms with Gasteiger partial charge in [-0.05, 0) is 139 Å². The Balaban J connectivity index is 1.64. The third kappa shape index (κ3) is 74.8. The Hall–Kier alpha value is -8.67. The Kier molecular flexibility index (Phi) is 80.4. The number of hydrogen-bond acceptors (Lipinski definition) is 32. The predicted octanol–water partition coefficient (Wildman–Crippen LogP) is 12.4. The number of carbonyl (C=O) groups excluding carboxylic acids is 13. The molecule has 0 heterocycles. The molecule has 0 radical (unpaired) electrons. The van der Waals surface area contributed by atoms with Crippen LogP contribution in [0.4, 0.5) is 0 Å². The molecule has 39 nitrogen and oxygen atoms in total. The third-order valence-corrected chi connectivity index (χ3v) is 29.1. The van der Waals surface area contributed by atoms with E-state index in [0.717, 1.165) is 89.9 Å². The van der Waals surface area contributed by atoms with Gasteiger partial charge in [0.1, 0.15) is 78.9 Å². The zero-order chi connectivity index (χ0) is 108. The smallest absolute Gasteiger partial charge is 0.335 e. The van der Waals surface area contributed by atoms with Crippen LogP contribution in [0.2, 0.25) is 0 Å². The van der Waals surface area contributed by atoms with Gasteiger partial charge in [0.2, 0.25) is 35.4 Å². The fourth-order valence-corrected chi connectivity index (χ4v) is 19.9. The summed E-state index contributed by atoms with van der Waals surface area (Å²) in [6.45, 7) is 9.37. The molecule has 832 valence electrons. The molecule has 147 heavy (non-hydrogen) atoms. The second-order valence-corrected chi connectivity index (χ2v) is 41.6. The van der Waals surface area contributed by atoms with Crippen LogP contribution in [0.1, 0.15) is 273 Å². The number of Topliss-reactive ketones (excluding diaryl/α,β-unsaturated/α-hetero) is 6. The number of hydrogen-bond donors (Lipinski definition) is 12. The van der Waals surface area contributed by atoms with Crippen molar-refractivity contribution in [2.24, 2.45) is 35.5 Å². The number of unbranched alkanes of at least 4 members (excludes halogenated alkanes) is 16. The van der Waals surface area contributed by atoms with E-state index in [4.69, 9.17) is 57.6 Å². The van der Waals surface area contributed by atoms with Crippen LogP contribution in [0, 0.1) is 35.5 Å². The van der Waals surface area contributed by atoms with Gasteiger partial charge < -0.3 is 105 Å². The van der Waals surface area contributed by atoms with Gasteiger partial charge in [0.25, 0.3) is 0 Å². The Labute approximate surface area is 885 Å². The molecule has 0 unspecified atom stereocenters. The molecule has 0 spiro atoms. The maximum absolute atomic E-state index is 14.0. The first-order valence-corrected chi connectivity index (χ1v) is 56.8. The second-order valence-electron chi connectivity index (χ2n) is 36.1. The van der Waals surface area contributed by atoms with Crippen molar-refractivity contribution in [2.75, 3.05) is 168 Å². The van der Waals surface area contributed by atoms with E-state index in [1.165, 1.54) is 74.4 Å². The van der Waals surface area contributed by atoms with Gasteiger partial charge in [0.05, 0.1) is 96.3 Å².